The molecule has 1 fully saturated rings. The quantitative estimate of drug-likeness (QED) is 0.745. The first-order valence-corrected chi connectivity index (χ1v) is 10.6. The number of nitrogens with one attached hydrogen (secondary N) is 1. The van der Waals surface area contributed by atoms with Gasteiger partial charge in [0.05, 0.1) is 6.07 Å². The molecule has 7 heteroatoms. The van der Waals surface area contributed by atoms with Crippen LogP contribution in [0, 0.1) is 11.3 Å². The largest absolute Gasteiger partial charge is 0.454 e. The average molecular weight is 419 g/mol. The van der Waals surface area contributed by atoms with E-state index in [0.717, 1.165) is 19.3 Å². The van der Waals surface area contributed by atoms with E-state index in [1.54, 1.807) is 23.1 Å². The summed E-state index contributed by atoms with van der Waals surface area (Å²) in [6.07, 6.45) is 3.37. The lowest BCUT2D eigenvalue weighted by molar-refractivity contribution is -0.138. The van der Waals surface area contributed by atoms with Gasteiger partial charge in [0.15, 0.2) is 11.5 Å². The van der Waals surface area contributed by atoms with Crippen molar-refractivity contribution in [3.05, 3.63) is 59.7 Å². The monoisotopic (exact) mass is 419 g/mol. The number of hydrogen-bond acceptors (Lipinski definition) is 5. The molecule has 0 aromatic heterocycles. The Balaban J connectivity index is 1.34. The fraction of sp³-hybridized carbons (Fsp3) is 0.375. The Morgan fingerprint density at radius 1 is 1.16 bits per heavy atom. The van der Waals surface area contributed by atoms with Crippen molar-refractivity contribution in [2.24, 2.45) is 0 Å². The van der Waals surface area contributed by atoms with Crippen LogP contribution < -0.4 is 14.8 Å². The summed E-state index contributed by atoms with van der Waals surface area (Å²) in [7, 11) is 0. The van der Waals surface area contributed by atoms with Gasteiger partial charge in [-0.3, -0.25) is 9.59 Å². The summed E-state index contributed by atoms with van der Waals surface area (Å²) >= 11 is 0. The number of carbonyl (C=O) groups excluding carboxylic acids is 2. The minimum Gasteiger partial charge on any atom is -0.454 e. The van der Waals surface area contributed by atoms with E-state index in [1.165, 1.54) is 5.56 Å². The van der Waals surface area contributed by atoms with Crippen LogP contribution in [0.15, 0.2) is 48.5 Å². The number of benzene rings is 2. The van der Waals surface area contributed by atoms with Gasteiger partial charge in [0, 0.05) is 13.0 Å². The molecule has 31 heavy (non-hydrogen) atoms. The molecular formula is C24H25N3O4. The van der Waals surface area contributed by atoms with Gasteiger partial charge in [0.2, 0.25) is 18.6 Å². The summed E-state index contributed by atoms with van der Waals surface area (Å²) in [4.78, 5) is 27.3. The number of fused-ring (bicyclic) bond motifs is 1. The maximum absolute atomic E-state index is 12.9. The van der Waals surface area contributed by atoms with Crippen molar-refractivity contribution in [3.8, 4) is 17.6 Å². The number of carbonyl (C=O) groups is 2. The molecular weight excluding hydrogens is 394 g/mol. The van der Waals surface area contributed by atoms with Crippen molar-refractivity contribution in [2.45, 2.75) is 44.2 Å². The second-order valence-electron chi connectivity index (χ2n) is 7.77. The highest BCUT2D eigenvalue weighted by atomic mass is 16.7. The number of nitrogens with zero attached hydrogens (tertiary/aromatic N) is 2. The fourth-order valence-corrected chi connectivity index (χ4v) is 4.09. The first kappa shape index (κ1) is 20.7. The van der Waals surface area contributed by atoms with Crippen LogP contribution in [0.3, 0.4) is 0 Å². The van der Waals surface area contributed by atoms with E-state index in [-0.39, 0.29) is 18.6 Å². The van der Waals surface area contributed by atoms with Crippen LogP contribution in [0.1, 0.15) is 42.9 Å². The molecule has 2 atom stereocenters. The molecule has 2 aromatic carbocycles. The van der Waals surface area contributed by atoms with Crippen LogP contribution in [0.5, 0.6) is 11.5 Å². The van der Waals surface area contributed by atoms with Crippen LogP contribution in [-0.2, 0) is 16.0 Å². The molecule has 0 spiro atoms. The van der Waals surface area contributed by atoms with Crippen molar-refractivity contribution in [1.29, 1.82) is 5.26 Å². The molecule has 7 nitrogen and oxygen atoms in total. The van der Waals surface area contributed by atoms with E-state index >= 15 is 0 Å². The van der Waals surface area contributed by atoms with Crippen molar-refractivity contribution in [2.75, 3.05) is 13.3 Å². The Morgan fingerprint density at radius 2 is 1.97 bits per heavy atom. The molecule has 2 aliphatic heterocycles. The molecule has 1 N–H and O–H groups in total. The summed E-state index contributed by atoms with van der Waals surface area (Å²) in [5.74, 6) is 0.876. The smallest absolute Gasteiger partial charge is 0.244 e. The standard InChI is InChI=1S/C24H25N3O4/c25-15-19(18-11-12-21-22(14-18)31-16-30-21)26-24(29)20-9-5-13-27(20)23(28)10-4-8-17-6-2-1-3-7-17/h1-3,6-7,11-12,14,19-20H,4-5,8-10,13,16H2,(H,26,29)/t19?,20-/m0/s1. The summed E-state index contributed by atoms with van der Waals surface area (Å²) in [6.45, 7) is 0.718. The fourth-order valence-electron chi connectivity index (χ4n) is 4.09. The van der Waals surface area contributed by atoms with E-state index in [1.807, 2.05) is 18.2 Å². The first-order valence-electron chi connectivity index (χ1n) is 10.6. The highest BCUT2D eigenvalue weighted by molar-refractivity contribution is 5.88. The zero-order valence-electron chi connectivity index (χ0n) is 17.3. The summed E-state index contributed by atoms with van der Waals surface area (Å²) in [5.41, 5.74) is 1.82. The van der Waals surface area contributed by atoms with Gasteiger partial charge in [-0.05, 0) is 48.9 Å². The number of ether oxygens (including phenoxy) is 2. The molecule has 2 aromatic rings. The van der Waals surface area contributed by atoms with Crippen LogP contribution >= 0.6 is 0 Å². The summed E-state index contributed by atoms with van der Waals surface area (Å²) in [5, 5.41) is 12.4. The molecule has 1 saturated heterocycles. The Morgan fingerprint density at radius 3 is 2.77 bits per heavy atom. The number of aryl methyl sites for hydroxylation is 1. The molecule has 0 saturated carbocycles. The Labute approximate surface area is 181 Å². The predicted octanol–water partition coefficient (Wildman–Crippen LogP) is 3.11. The molecule has 0 bridgehead atoms. The first-order chi connectivity index (χ1) is 15.2. The molecule has 2 aliphatic rings. The number of rotatable bonds is 7. The molecule has 4 rings (SSSR count). The van der Waals surface area contributed by atoms with E-state index in [9.17, 15) is 14.9 Å². The number of hydrogen-bond donors (Lipinski definition) is 1. The van der Waals surface area contributed by atoms with E-state index in [2.05, 4.69) is 23.5 Å². The molecule has 1 unspecified atom stereocenters. The third kappa shape index (κ3) is 4.80. The molecule has 160 valence electrons. The zero-order valence-corrected chi connectivity index (χ0v) is 17.3. The van der Waals surface area contributed by atoms with Gasteiger partial charge >= 0.3 is 0 Å². The molecule has 2 heterocycles. The van der Waals surface area contributed by atoms with Crippen molar-refractivity contribution >= 4 is 11.8 Å². The predicted molar refractivity (Wildman–Crippen MR) is 113 cm³/mol. The van der Waals surface area contributed by atoms with Gasteiger partial charge in [-0.25, -0.2) is 0 Å². The van der Waals surface area contributed by atoms with Gasteiger partial charge in [0.1, 0.15) is 12.1 Å². The third-order valence-corrected chi connectivity index (χ3v) is 5.72. The second kappa shape index (κ2) is 9.52. The lowest BCUT2D eigenvalue weighted by Gasteiger charge is -2.25. The Bertz CT molecular complexity index is 986. The van der Waals surface area contributed by atoms with Crippen LogP contribution in [0.25, 0.3) is 0 Å². The number of amides is 2. The molecule has 2 amide bonds. The average Bonchev–Trinajstić information content (AvgIpc) is 3.47. The zero-order chi connectivity index (χ0) is 21.6. The SMILES string of the molecule is N#CC(NC(=O)[C@@H]1CCCN1C(=O)CCCc1ccccc1)c1ccc2c(c1)OCO2. The Kier molecular flexibility index (Phi) is 6.37. The lowest BCUT2D eigenvalue weighted by atomic mass is 10.1. The van der Waals surface area contributed by atoms with Crippen LogP contribution in [-0.4, -0.2) is 36.1 Å². The van der Waals surface area contributed by atoms with Crippen molar-refractivity contribution in [3.63, 3.8) is 0 Å². The van der Waals surface area contributed by atoms with E-state index in [0.29, 0.717) is 36.4 Å². The second-order valence-corrected chi connectivity index (χ2v) is 7.77. The number of nitriles is 1. The van der Waals surface area contributed by atoms with E-state index < -0.39 is 12.1 Å². The molecule has 0 radical (unpaired) electrons. The summed E-state index contributed by atoms with van der Waals surface area (Å²) in [6, 6.07) is 16.0. The Hall–Kier alpha value is -3.53. The highest BCUT2D eigenvalue weighted by Crippen LogP contribution is 2.34. The highest BCUT2D eigenvalue weighted by Gasteiger charge is 2.34. The van der Waals surface area contributed by atoms with Gasteiger partial charge < -0.3 is 19.7 Å². The van der Waals surface area contributed by atoms with Gasteiger partial charge in [-0.2, -0.15) is 5.26 Å². The van der Waals surface area contributed by atoms with Gasteiger partial charge in [-0.1, -0.05) is 36.4 Å². The van der Waals surface area contributed by atoms with Gasteiger partial charge in [0.25, 0.3) is 0 Å². The lowest BCUT2D eigenvalue weighted by Crippen LogP contribution is -2.46. The maximum atomic E-state index is 12.9. The normalized spacial score (nSPS) is 17.8. The maximum Gasteiger partial charge on any atom is 0.244 e. The summed E-state index contributed by atoms with van der Waals surface area (Å²) < 4.78 is 10.7. The van der Waals surface area contributed by atoms with Crippen molar-refractivity contribution < 1.29 is 19.1 Å². The van der Waals surface area contributed by atoms with Crippen LogP contribution in [0.4, 0.5) is 0 Å². The molecule has 0 aliphatic carbocycles. The van der Waals surface area contributed by atoms with E-state index in [4.69, 9.17) is 9.47 Å². The minimum atomic E-state index is -0.822. The topological polar surface area (TPSA) is 91.7 Å². The van der Waals surface area contributed by atoms with Crippen LogP contribution in [0.2, 0.25) is 0 Å². The van der Waals surface area contributed by atoms with Gasteiger partial charge in [-0.15, -0.1) is 0 Å². The van der Waals surface area contributed by atoms with Crippen molar-refractivity contribution in [1.82, 2.24) is 10.2 Å². The number of likely N-dealkylation sites (tertiary alicyclic amines) is 1. The minimum absolute atomic E-state index is 0.00910. The third-order valence-electron chi connectivity index (χ3n) is 5.72.